The average Bonchev–Trinajstić information content (AvgIpc) is 3.23. The van der Waals surface area contributed by atoms with Crippen LogP contribution in [0.1, 0.15) is 30.5 Å². The Kier molecular flexibility index (Phi) is 5.81. The molecule has 0 radical (unpaired) electrons. The fraction of sp³-hybridized carbons (Fsp3) is 0.421. The van der Waals surface area contributed by atoms with Gasteiger partial charge in [0, 0.05) is 37.7 Å². The maximum atomic E-state index is 5.88. The number of rotatable bonds is 6. The van der Waals surface area contributed by atoms with E-state index in [0.29, 0.717) is 13.2 Å². The summed E-state index contributed by atoms with van der Waals surface area (Å²) in [5.41, 5.74) is 3.55. The summed E-state index contributed by atoms with van der Waals surface area (Å²) in [6.45, 7) is 6.13. The SMILES string of the molecule is CCOc1cc2c(cc1CNC(=NC)NCc1ccsc1)OC(C)C2. The predicted octanol–water partition coefficient (Wildman–Crippen LogP) is 3.34. The molecule has 25 heavy (non-hydrogen) atoms. The van der Waals surface area contributed by atoms with Crippen molar-refractivity contribution in [2.75, 3.05) is 13.7 Å². The summed E-state index contributed by atoms with van der Waals surface area (Å²) in [6, 6.07) is 6.31. The average molecular weight is 359 g/mol. The summed E-state index contributed by atoms with van der Waals surface area (Å²) in [5, 5.41) is 10.9. The number of hydrogen-bond acceptors (Lipinski definition) is 4. The molecule has 1 aromatic heterocycles. The highest BCUT2D eigenvalue weighted by atomic mass is 32.1. The molecule has 2 N–H and O–H groups in total. The molecule has 0 aliphatic carbocycles. The summed E-state index contributed by atoms with van der Waals surface area (Å²) in [5.74, 6) is 2.65. The lowest BCUT2D eigenvalue weighted by Crippen LogP contribution is -2.36. The normalized spacial score (nSPS) is 16.3. The van der Waals surface area contributed by atoms with Crippen LogP contribution in [-0.4, -0.2) is 25.7 Å². The van der Waals surface area contributed by atoms with Crippen molar-refractivity contribution in [1.82, 2.24) is 10.6 Å². The number of nitrogens with zero attached hydrogens (tertiary/aromatic N) is 1. The maximum absolute atomic E-state index is 5.88. The molecule has 3 rings (SSSR count). The van der Waals surface area contributed by atoms with Gasteiger partial charge in [-0.1, -0.05) is 0 Å². The van der Waals surface area contributed by atoms with E-state index in [1.165, 1.54) is 11.1 Å². The van der Waals surface area contributed by atoms with Crippen molar-refractivity contribution in [3.8, 4) is 11.5 Å². The molecule has 0 fully saturated rings. The van der Waals surface area contributed by atoms with Crippen LogP contribution in [0.2, 0.25) is 0 Å². The molecule has 2 heterocycles. The van der Waals surface area contributed by atoms with Crippen LogP contribution < -0.4 is 20.1 Å². The second-order valence-electron chi connectivity index (χ2n) is 6.04. The molecule has 2 aromatic rings. The van der Waals surface area contributed by atoms with E-state index in [1.54, 1.807) is 18.4 Å². The second kappa shape index (κ2) is 8.25. The van der Waals surface area contributed by atoms with Gasteiger partial charge in [-0.05, 0) is 48.4 Å². The van der Waals surface area contributed by atoms with Gasteiger partial charge in [0.2, 0.25) is 0 Å². The first-order valence-corrected chi connectivity index (χ1v) is 9.54. The van der Waals surface area contributed by atoms with Crippen LogP contribution in [0.5, 0.6) is 11.5 Å². The Bertz CT molecular complexity index is 729. The molecule has 1 aliphatic heterocycles. The summed E-state index contributed by atoms with van der Waals surface area (Å²) in [4.78, 5) is 4.29. The minimum atomic E-state index is 0.229. The van der Waals surface area contributed by atoms with Gasteiger partial charge in [0.25, 0.3) is 0 Å². The van der Waals surface area contributed by atoms with E-state index in [1.807, 2.05) is 6.92 Å². The van der Waals surface area contributed by atoms with E-state index in [0.717, 1.165) is 36.0 Å². The summed E-state index contributed by atoms with van der Waals surface area (Å²) in [6.07, 6.45) is 1.17. The van der Waals surface area contributed by atoms with Gasteiger partial charge in [-0.3, -0.25) is 4.99 Å². The minimum Gasteiger partial charge on any atom is -0.494 e. The molecule has 0 saturated heterocycles. The van der Waals surface area contributed by atoms with Crippen molar-refractivity contribution in [3.05, 3.63) is 45.6 Å². The van der Waals surface area contributed by atoms with Crippen molar-refractivity contribution in [2.24, 2.45) is 4.99 Å². The Labute approximate surface area is 153 Å². The molecule has 1 unspecified atom stereocenters. The highest BCUT2D eigenvalue weighted by Gasteiger charge is 2.21. The number of fused-ring (bicyclic) bond motifs is 1. The van der Waals surface area contributed by atoms with Gasteiger partial charge in [0.15, 0.2) is 5.96 Å². The maximum Gasteiger partial charge on any atom is 0.191 e. The Morgan fingerprint density at radius 1 is 1.36 bits per heavy atom. The zero-order valence-electron chi connectivity index (χ0n) is 15.0. The first-order chi connectivity index (χ1) is 12.2. The Morgan fingerprint density at radius 2 is 2.20 bits per heavy atom. The van der Waals surface area contributed by atoms with E-state index in [-0.39, 0.29) is 6.10 Å². The van der Waals surface area contributed by atoms with Crippen molar-refractivity contribution < 1.29 is 9.47 Å². The van der Waals surface area contributed by atoms with Crippen molar-refractivity contribution in [3.63, 3.8) is 0 Å². The molecule has 0 bridgehead atoms. The monoisotopic (exact) mass is 359 g/mol. The summed E-state index contributed by atoms with van der Waals surface area (Å²) in [7, 11) is 1.78. The molecule has 0 amide bonds. The second-order valence-corrected chi connectivity index (χ2v) is 6.82. The lowest BCUT2D eigenvalue weighted by Gasteiger charge is -2.15. The molecule has 1 aromatic carbocycles. The van der Waals surface area contributed by atoms with Crippen molar-refractivity contribution in [2.45, 2.75) is 39.5 Å². The first kappa shape index (κ1) is 17.6. The number of aliphatic imine (C=N–C) groups is 1. The van der Waals surface area contributed by atoms with E-state index < -0.39 is 0 Å². The fourth-order valence-electron chi connectivity index (χ4n) is 2.89. The Morgan fingerprint density at radius 3 is 2.92 bits per heavy atom. The lowest BCUT2D eigenvalue weighted by molar-refractivity contribution is 0.254. The van der Waals surface area contributed by atoms with Crippen LogP contribution in [-0.2, 0) is 19.5 Å². The predicted molar refractivity (Wildman–Crippen MR) is 103 cm³/mol. The number of guanidine groups is 1. The van der Waals surface area contributed by atoms with Crippen LogP contribution in [0.3, 0.4) is 0 Å². The summed E-state index contributed by atoms with van der Waals surface area (Å²) >= 11 is 1.70. The van der Waals surface area contributed by atoms with Gasteiger partial charge in [-0.2, -0.15) is 11.3 Å². The smallest absolute Gasteiger partial charge is 0.191 e. The van der Waals surface area contributed by atoms with Crippen LogP contribution in [0.4, 0.5) is 0 Å². The first-order valence-electron chi connectivity index (χ1n) is 8.60. The third kappa shape index (κ3) is 4.45. The zero-order chi connectivity index (χ0) is 17.6. The largest absolute Gasteiger partial charge is 0.494 e. The fourth-order valence-corrected chi connectivity index (χ4v) is 3.56. The van der Waals surface area contributed by atoms with Crippen LogP contribution in [0, 0.1) is 0 Å². The summed E-state index contributed by atoms with van der Waals surface area (Å²) < 4.78 is 11.7. The van der Waals surface area contributed by atoms with Gasteiger partial charge in [0.05, 0.1) is 6.61 Å². The number of nitrogens with one attached hydrogen (secondary N) is 2. The Balaban J connectivity index is 1.65. The van der Waals surface area contributed by atoms with Crippen LogP contribution in [0.15, 0.2) is 34.0 Å². The molecule has 134 valence electrons. The molecule has 0 saturated carbocycles. The Hall–Kier alpha value is -2.21. The number of benzene rings is 1. The standard InChI is InChI=1S/C19H25N3O2S/c1-4-23-17-8-15-7-13(2)24-18(15)9-16(17)11-22-19(20-3)21-10-14-5-6-25-12-14/h5-6,8-9,12-13H,4,7,10-11H2,1-3H3,(H2,20,21,22). The van der Waals surface area contributed by atoms with Gasteiger partial charge < -0.3 is 20.1 Å². The quantitative estimate of drug-likeness (QED) is 0.614. The molecule has 1 aliphatic rings. The van der Waals surface area contributed by atoms with E-state index in [9.17, 15) is 0 Å². The number of thiophene rings is 1. The molecule has 0 spiro atoms. The molecular weight excluding hydrogens is 334 g/mol. The van der Waals surface area contributed by atoms with Gasteiger partial charge in [-0.15, -0.1) is 0 Å². The van der Waals surface area contributed by atoms with E-state index in [4.69, 9.17) is 9.47 Å². The number of ether oxygens (including phenoxy) is 2. The highest BCUT2D eigenvalue weighted by Crippen LogP contribution is 2.35. The highest BCUT2D eigenvalue weighted by molar-refractivity contribution is 7.07. The van der Waals surface area contributed by atoms with E-state index >= 15 is 0 Å². The minimum absolute atomic E-state index is 0.229. The molecule has 5 nitrogen and oxygen atoms in total. The van der Waals surface area contributed by atoms with Gasteiger partial charge in [-0.25, -0.2) is 0 Å². The molecule has 6 heteroatoms. The van der Waals surface area contributed by atoms with Gasteiger partial charge >= 0.3 is 0 Å². The third-order valence-electron chi connectivity index (χ3n) is 4.09. The lowest BCUT2D eigenvalue weighted by atomic mass is 10.1. The van der Waals surface area contributed by atoms with E-state index in [2.05, 4.69) is 51.5 Å². The zero-order valence-corrected chi connectivity index (χ0v) is 15.8. The topological polar surface area (TPSA) is 54.9 Å². The van der Waals surface area contributed by atoms with Crippen molar-refractivity contribution in [1.29, 1.82) is 0 Å². The van der Waals surface area contributed by atoms with Crippen LogP contribution >= 0.6 is 11.3 Å². The molecular formula is C19H25N3O2S. The number of hydrogen-bond donors (Lipinski definition) is 2. The molecule has 1 atom stereocenters. The van der Waals surface area contributed by atoms with Crippen molar-refractivity contribution >= 4 is 17.3 Å². The van der Waals surface area contributed by atoms with Gasteiger partial charge in [0.1, 0.15) is 17.6 Å². The van der Waals surface area contributed by atoms with Crippen LogP contribution in [0.25, 0.3) is 0 Å². The third-order valence-corrected chi connectivity index (χ3v) is 4.82.